The van der Waals surface area contributed by atoms with Crippen LogP contribution in [-0.2, 0) is 6.54 Å². The molecule has 0 saturated carbocycles. The van der Waals surface area contributed by atoms with Gasteiger partial charge in [-0.1, -0.05) is 6.92 Å². The Morgan fingerprint density at radius 1 is 1.45 bits per heavy atom. The van der Waals surface area contributed by atoms with Crippen LogP contribution in [0.3, 0.4) is 0 Å². The first-order valence-electron chi connectivity index (χ1n) is 7.37. The molecule has 22 heavy (non-hydrogen) atoms. The molecule has 0 saturated heterocycles. The molecular formula is C15H22N4O2S. The summed E-state index contributed by atoms with van der Waals surface area (Å²) in [6.45, 7) is 5.82. The number of hydrogen-bond acceptors (Lipinski definition) is 5. The maximum absolute atomic E-state index is 12.5. The summed E-state index contributed by atoms with van der Waals surface area (Å²) in [4.78, 5) is 32.3. The fourth-order valence-corrected chi connectivity index (χ4v) is 3.30. The molecule has 2 aromatic heterocycles. The molecule has 0 aliphatic carbocycles. The molecule has 0 atom stereocenters. The van der Waals surface area contributed by atoms with E-state index in [9.17, 15) is 9.59 Å². The Morgan fingerprint density at radius 3 is 2.82 bits per heavy atom. The van der Waals surface area contributed by atoms with Crippen molar-refractivity contribution < 1.29 is 4.79 Å². The monoisotopic (exact) mass is 322 g/mol. The second-order valence-electron chi connectivity index (χ2n) is 5.54. The Hall–Kier alpha value is -1.73. The van der Waals surface area contributed by atoms with Crippen molar-refractivity contribution in [1.29, 1.82) is 0 Å². The first kappa shape index (κ1) is 16.6. The van der Waals surface area contributed by atoms with Crippen LogP contribution in [0.4, 0.5) is 0 Å². The first-order valence-corrected chi connectivity index (χ1v) is 8.18. The molecular weight excluding hydrogens is 300 g/mol. The molecule has 120 valence electrons. The van der Waals surface area contributed by atoms with Gasteiger partial charge >= 0.3 is 0 Å². The summed E-state index contributed by atoms with van der Waals surface area (Å²) in [5.41, 5.74) is 0.665. The van der Waals surface area contributed by atoms with E-state index in [2.05, 4.69) is 10.3 Å². The number of nitrogens with one attached hydrogen (secondary N) is 1. The summed E-state index contributed by atoms with van der Waals surface area (Å²) >= 11 is 1.28. The number of carbonyl (C=O) groups excluding carboxylic acids is 1. The summed E-state index contributed by atoms with van der Waals surface area (Å²) in [7, 11) is 3.91. The quantitative estimate of drug-likeness (QED) is 0.874. The number of aryl methyl sites for hydroxylation is 2. The first-order chi connectivity index (χ1) is 10.5. The number of thiophene rings is 1. The summed E-state index contributed by atoms with van der Waals surface area (Å²) in [5, 5.41) is 3.45. The Bertz CT molecular complexity index is 733. The van der Waals surface area contributed by atoms with Gasteiger partial charge in [-0.2, -0.15) is 0 Å². The zero-order valence-electron chi connectivity index (χ0n) is 13.5. The lowest BCUT2D eigenvalue weighted by Gasteiger charge is -2.09. The molecule has 0 spiro atoms. The third-order valence-electron chi connectivity index (χ3n) is 3.43. The van der Waals surface area contributed by atoms with Crippen molar-refractivity contribution in [1.82, 2.24) is 19.8 Å². The largest absolute Gasteiger partial charge is 0.350 e. The predicted octanol–water partition coefficient (Wildman–Crippen LogP) is 1.47. The van der Waals surface area contributed by atoms with E-state index in [1.54, 1.807) is 10.9 Å². The highest BCUT2D eigenvalue weighted by atomic mass is 32.1. The van der Waals surface area contributed by atoms with E-state index in [-0.39, 0.29) is 11.5 Å². The highest BCUT2D eigenvalue weighted by Gasteiger charge is 2.19. The van der Waals surface area contributed by atoms with E-state index >= 15 is 0 Å². The molecule has 1 amide bonds. The van der Waals surface area contributed by atoms with E-state index in [0.717, 1.165) is 18.5 Å². The van der Waals surface area contributed by atoms with Crippen molar-refractivity contribution in [2.45, 2.75) is 26.8 Å². The topological polar surface area (TPSA) is 67.2 Å². The van der Waals surface area contributed by atoms with E-state index in [1.807, 2.05) is 32.8 Å². The SMILES string of the molecule is CCCn1cnc2sc(C(=O)NCCN(C)C)c(C)c2c1=O. The minimum atomic E-state index is -0.135. The average Bonchev–Trinajstić information content (AvgIpc) is 2.79. The van der Waals surface area contributed by atoms with Gasteiger partial charge in [0, 0.05) is 19.6 Å². The van der Waals surface area contributed by atoms with Gasteiger partial charge in [0.1, 0.15) is 4.83 Å². The van der Waals surface area contributed by atoms with Gasteiger partial charge in [-0.3, -0.25) is 14.2 Å². The zero-order valence-corrected chi connectivity index (χ0v) is 14.3. The van der Waals surface area contributed by atoms with Crippen LogP contribution in [0.2, 0.25) is 0 Å². The van der Waals surface area contributed by atoms with Crippen LogP contribution in [0.15, 0.2) is 11.1 Å². The van der Waals surface area contributed by atoms with Crippen LogP contribution in [-0.4, -0.2) is 47.5 Å². The van der Waals surface area contributed by atoms with Crippen molar-refractivity contribution >= 4 is 27.5 Å². The Labute approximate surface area is 133 Å². The fraction of sp³-hybridized carbons (Fsp3) is 0.533. The molecule has 2 rings (SSSR count). The zero-order chi connectivity index (χ0) is 16.3. The minimum Gasteiger partial charge on any atom is -0.350 e. The number of aromatic nitrogens is 2. The van der Waals surface area contributed by atoms with Crippen molar-refractivity contribution in [2.24, 2.45) is 0 Å². The number of hydrogen-bond donors (Lipinski definition) is 1. The molecule has 0 aliphatic rings. The molecule has 0 fully saturated rings. The van der Waals surface area contributed by atoms with Crippen molar-refractivity contribution in [2.75, 3.05) is 27.2 Å². The minimum absolute atomic E-state index is 0.0621. The third kappa shape index (κ3) is 3.36. The van der Waals surface area contributed by atoms with E-state index in [4.69, 9.17) is 0 Å². The number of carbonyl (C=O) groups is 1. The molecule has 0 aliphatic heterocycles. The standard InChI is InChI=1S/C15H22N4O2S/c1-5-7-19-9-17-14-11(15(19)21)10(2)12(22-14)13(20)16-6-8-18(3)4/h9H,5-8H2,1-4H3,(H,16,20). The number of rotatable bonds is 6. The van der Waals surface area contributed by atoms with Crippen molar-refractivity contribution in [3.63, 3.8) is 0 Å². The van der Waals surface area contributed by atoms with Gasteiger partial charge in [-0.15, -0.1) is 11.3 Å². The van der Waals surface area contributed by atoms with Gasteiger partial charge in [0.05, 0.1) is 16.6 Å². The van der Waals surface area contributed by atoms with Gasteiger partial charge in [0.25, 0.3) is 11.5 Å². The molecule has 0 aromatic carbocycles. The van der Waals surface area contributed by atoms with Gasteiger partial charge < -0.3 is 10.2 Å². The maximum atomic E-state index is 12.5. The van der Waals surface area contributed by atoms with Gasteiger partial charge in [-0.05, 0) is 33.0 Å². The summed E-state index contributed by atoms with van der Waals surface area (Å²) in [6, 6.07) is 0. The molecule has 1 N–H and O–H groups in total. The van der Waals surface area contributed by atoms with Gasteiger partial charge in [-0.25, -0.2) is 4.98 Å². The molecule has 2 heterocycles. The molecule has 2 aromatic rings. The van der Waals surface area contributed by atoms with Crippen LogP contribution < -0.4 is 10.9 Å². The second kappa shape index (κ2) is 7.02. The number of nitrogens with zero attached hydrogens (tertiary/aromatic N) is 3. The lowest BCUT2D eigenvalue weighted by Crippen LogP contribution is -2.31. The Morgan fingerprint density at radius 2 is 2.18 bits per heavy atom. The van der Waals surface area contributed by atoms with Crippen LogP contribution in [0, 0.1) is 6.92 Å². The predicted molar refractivity (Wildman–Crippen MR) is 89.8 cm³/mol. The summed E-state index contributed by atoms with van der Waals surface area (Å²) in [5.74, 6) is -0.135. The highest BCUT2D eigenvalue weighted by molar-refractivity contribution is 7.20. The smallest absolute Gasteiger partial charge is 0.262 e. The van der Waals surface area contributed by atoms with Crippen LogP contribution in [0.1, 0.15) is 28.6 Å². The van der Waals surface area contributed by atoms with Crippen molar-refractivity contribution in [3.8, 4) is 0 Å². The molecule has 6 nitrogen and oxygen atoms in total. The number of fused-ring (bicyclic) bond motifs is 1. The van der Waals surface area contributed by atoms with E-state index in [1.165, 1.54) is 11.3 Å². The van der Waals surface area contributed by atoms with Crippen LogP contribution in [0.5, 0.6) is 0 Å². The molecule has 0 unspecified atom stereocenters. The Kier molecular flexibility index (Phi) is 5.31. The van der Waals surface area contributed by atoms with E-state index < -0.39 is 0 Å². The van der Waals surface area contributed by atoms with E-state index in [0.29, 0.717) is 28.2 Å². The highest BCUT2D eigenvalue weighted by Crippen LogP contribution is 2.26. The molecule has 0 radical (unpaired) electrons. The second-order valence-corrected chi connectivity index (χ2v) is 6.54. The fourth-order valence-electron chi connectivity index (χ4n) is 2.25. The molecule has 0 bridgehead atoms. The van der Waals surface area contributed by atoms with Gasteiger partial charge in [0.2, 0.25) is 0 Å². The lowest BCUT2D eigenvalue weighted by atomic mass is 10.2. The number of amides is 1. The average molecular weight is 322 g/mol. The Balaban J connectivity index is 2.32. The summed E-state index contributed by atoms with van der Waals surface area (Å²) in [6.07, 6.45) is 2.44. The molecule has 7 heteroatoms. The lowest BCUT2D eigenvalue weighted by molar-refractivity contribution is 0.0954. The van der Waals surface area contributed by atoms with Gasteiger partial charge in [0.15, 0.2) is 0 Å². The third-order valence-corrected chi connectivity index (χ3v) is 4.63. The van der Waals surface area contributed by atoms with Crippen molar-refractivity contribution in [3.05, 3.63) is 27.1 Å². The van der Waals surface area contributed by atoms with Crippen LogP contribution in [0.25, 0.3) is 10.2 Å². The van der Waals surface area contributed by atoms with Crippen LogP contribution >= 0.6 is 11.3 Å². The normalized spacial score (nSPS) is 11.3. The number of likely N-dealkylation sites (N-methyl/N-ethyl adjacent to an activating group) is 1. The summed E-state index contributed by atoms with van der Waals surface area (Å²) < 4.78 is 1.61. The maximum Gasteiger partial charge on any atom is 0.262 e.